The van der Waals surface area contributed by atoms with Crippen molar-refractivity contribution in [2.75, 3.05) is 14.2 Å². The van der Waals surface area contributed by atoms with E-state index >= 15 is 0 Å². The van der Waals surface area contributed by atoms with Crippen LogP contribution >= 0.6 is 35.2 Å². The number of rotatable bonds is 2. The standard InChI is InChI=1S/C8H9ClO2S2/c1-4-5(9)6(10-2)7(13-4)8(12)11-3/h1-3H3. The molecule has 72 valence electrons. The second kappa shape index (κ2) is 4.26. The highest BCUT2D eigenvalue weighted by Crippen LogP contribution is 2.39. The van der Waals surface area contributed by atoms with Crippen molar-refractivity contribution >= 4 is 40.2 Å². The number of halogens is 1. The molecular formula is C8H9ClO2S2. The van der Waals surface area contributed by atoms with Crippen molar-refractivity contribution < 1.29 is 9.47 Å². The van der Waals surface area contributed by atoms with Crippen LogP contribution in [0.1, 0.15) is 9.75 Å². The Bertz CT molecular complexity index is 333. The second-order valence-electron chi connectivity index (χ2n) is 2.33. The summed E-state index contributed by atoms with van der Waals surface area (Å²) in [6.07, 6.45) is 0. The molecule has 0 saturated heterocycles. The van der Waals surface area contributed by atoms with Gasteiger partial charge in [0.1, 0.15) is 4.88 Å². The van der Waals surface area contributed by atoms with E-state index in [1.807, 2.05) is 6.92 Å². The topological polar surface area (TPSA) is 18.5 Å². The predicted molar refractivity (Wildman–Crippen MR) is 59.3 cm³/mol. The van der Waals surface area contributed by atoms with Gasteiger partial charge in [-0.25, -0.2) is 0 Å². The minimum absolute atomic E-state index is 0.414. The van der Waals surface area contributed by atoms with Gasteiger partial charge in [-0.2, -0.15) is 0 Å². The van der Waals surface area contributed by atoms with Gasteiger partial charge in [-0.1, -0.05) is 11.6 Å². The van der Waals surface area contributed by atoms with Gasteiger partial charge in [-0.3, -0.25) is 0 Å². The molecule has 13 heavy (non-hydrogen) atoms. The summed E-state index contributed by atoms with van der Waals surface area (Å²) in [7, 11) is 3.10. The average molecular weight is 237 g/mol. The van der Waals surface area contributed by atoms with Crippen LogP contribution in [0.3, 0.4) is 0 Å². The smallest absolute Gasteiger partial charge is 0.205 e. The van der Waals surface area contributed by atoms with Gasteiger partial charge in [-0.15, -0.1) is 11.3 Å². The van der Waals surface area contributed by atoms with Crippen LogP contribution in [0.2, 0.25) is 5.02 Å². The lowest BCUT2D eigenvalue weighted by molar-refractivity contribution is 0.400. The zero-order valence-electron chi connectivity index (χ0n) is 7.51. The minimum atomic E-state index is 0.414. The third kappa shape index (κ3) is 1.95. The fraction of sp³-hybridized carbons (Fsp3) is 0.375. The summed E-state index contributed by atoms with van der Waals surface area (Å²) in [5.74, 6) is 0.607. The van der Waals surface area contributed by atoms with Crippen molar-refractivity contribution in [3.05, 3.63) is 14.8 Å². The summed E-state index contributed by atoms with van der Waals surface area (Å²) >= 11 is 12.5. The molecule has 0 aromatic carbocycles. The van der Waals surface area contributed by atoms with Crippen LogP contribution in [0.25, 0.3) is 0 Å². The molecular weight excluding hydrogens is 228 g/mol. The Morgan fingerprint density at radius 3 is 2.54 bits per heavy atom. The predicted octanol–water partition coefficient (Wildman–Crippen LogP) is 3.04. The second-order valence-corrected chi connectivity index (χ2v) is 4.30. The van der Waals surface area contributed by atoms with Crippen molar-refractivity contribution in [3.63, 3.8) is 0 Å². The largest absolute Gasteiger partial charge is 0.493 e. The lowest BCUT2D eigenvalue weighted by Crippen LogP contribution is -1.98. The molecule has 0 bridgehead atoms. The number of aryl methyl sites for hydroxylation is 1. The van der Waals surface area contributed by atoms with Crippen molar-refractivity contribution in [1.82, 2.24) is 0 Å². The quantitative estimate of drug-likeness (QED) is 0.736. The van der Waals surface area contributed by atoms with E-state index in [-0.39, 0.29) is 0 Å². The number of hydrogen-bond acceptors (Lipinski definition) is 4. The maximum absolute atomic E-state index is 5.99. The van der Waals surface area contributed by atoms with Gasteiger partial charge in [0.2, 0.25) is 5.05 Å². The van der Waals surface area contributed by atoms with Crippen LogP contribution in [0.5, 0.6) is 5.75 Å². The van der Waals surface area contributed by atoms with E-state index in [2.05, 4.69) is 0 Å². The lowest BCUT2D eigenvalue weighted by Gasteiger charge is -2.02. The summed E-state index contributed by atoms with van der Waals surface area (Å²) in [5, 5.41) is 1.03. The van der Waals surface area contributed by atoms with Gasteiger partial charge in [0.05, 0.1) is 19.2 Å². The first-order valence-electron chi connectivity index (χ1n) is 3.53. The van der Waals surface area contributed by atoms with E-state index < -0.39 is 0 Å². The van der Waals surface area contributed by atoms with E-state index in [9.17, 15) is 0 Å². The summed E-state index contributed by atoms with van der Waals surface area (Å²) in [6, 6.07) is 0. The molecule has 1 rings (SSSR count). The third-order valence-corrected chi connectivity index (χ3v) is 3.70. The highest BCUT2D eigenvalue weighted by atomic mass is 35.5. The molecule has 0 N–H and O–H groups in total. The normalized spacial score (nSPS) is 9.85. The highest BCUT2D eigenvalue weighted by Gasteiger charge is 2.18. The zero-order chi connectivity index (χ0) is 10.0. The van der Waals surface area contributed by atoms with Crippen LogP contribution < -0.4 is 4.74 Å². The number of hydrogen-bond donors (Lipinski definition) is 0. The first-order chi connectivity index (χ1) is 6.11. The van der Waals surface area contributed by atoms with Crippen molar-refractivity contribution in [1.29, 1.82) is 0 Å². The summed E-state index contributed by atoms with van der Waals surface area (Å²) < 4.78 is 10.1. The van der Waals surface area contributed by atoms with Gasteiger partial charge in [0.25, 0.3) is 0 Å². The molecule has 1 heterocycles. The fourth-order valence-corrected chi connectivity index (χ4v) is 2.41. The molecule has 0 unspecified atom stereocenters. The first-order valence-corrected chi connectivity index (χ1v) is 5.13. The Balaban J connectivity index is 3.21. The summed E-state index contributed by atoms with van der Waals surface area (Å²) in [6.45, 7) is 1.91. The molecule has 0 amide bonds. The summed E-state index contributed by atoms with van der Waals surface area (Å²) in [4.78, 5) is 1.76. The monoisotopic (exact) mass is 236 g/mol. The van der Waals surface area contributed by atoms with Gasteiger partial charge in [0, 0.05) is 4.88 Å². The Kier molecular flexibility index (Phi) is 3.53. The van der Waals surface area contributed by atoms with Crippen molar-refractivity contribution in [3.8, 4) is 5.75 Å². The Morgan fingerprint density at radius 1 is 1.46 bits per heavy atom. The van der Waals surface area contributed by atoms with E-state index in [0.29, 0.717) is 15.8 Å². The van der Waals surface area contributed by atoms with Gasteiger partial charge >= 0.3 is 0 Å². The van der Waals surface area contributed by atoms with Gasteiger partial charge in [-0.05, 0) is 19.1 Å². The maximum atomic E-state index is 5.99. The summed E-state index contributed by atoms with van der Waals surface area (Å²) in [5.41, 5.74) is 0. The molecule has 0 aliphatic heterocycles. The molecule has 0 aliphatic rings. The van der Waals surface area contributed by atoms with E-state index in [1.165, 1.54) is 18.4 Å². The SMILES string of the molecule is COC(=S)c1sc(C)c(Cl)c1OC. The number of methoxy groups -OCH3 is 2. The zero-order valence-corrected chi connectivity index (χ0v) is 9.90. The highest BCUT2D eigenvalue weighted by molar-refractivity contribution is 7.80. The Labute approximate surface area is 91.4 Å². The van der Waals surface area contributed by atoms with Crippen LogP contribution in [-0.2, 0) is 4.74 Å². The number of thiophene rings is 1. The van der Waals surface area contributed by atoms with Gasteiger partial charge in [0.15, 0.2) is 5.75 Å². The Morgan fingerprint density at radius 2 is 2.08 bits per heavy atom. The van der Waals surface area contributed by atoms with E-state index in [0.717, 1.165) is 9.75 Å². The molecule has 0 radical (unpaired) electrons. The minimum Gasteiger partial charge on any atom is -0.493 e. The number of thiocarbonyl (C=S) groups is 1. The molecule has 2 nitrogen and oxygen atoms in total. The molecule has 5 heteroatoms. The molecule has 0 spiro atoms. The van der Waals surface area contributed by atoms with E-state index in [1.54, 1.807) is 7.11 Å². The average Bonchev–Trinajstić information content (AvgIpc) is 2.42. The van der Waals surface area contributed by atoms with Crippen LogP contribution in [-0.4, -0.2) is 19.3 Å². The van der Waals surface area contributed by atoms with Crippen molar-refractivity contribution in [2.45, 2.75) is 6.92 Å². The van der Waals surface area contributed by atoms with Crippen LogP contribution in [0.15, 0.2) is 0 Å². The molecule has 0 fully saturated rings. The Hall–Kier alpha value is -0.320. The molecule has 1 aromatic rings. The fourth-order valence-electron chi connectivity index (χ4n) is 0.913. The van der Waals surface area contributed by atoms with Crippen LogP contribution in [0.4, 0.5) is 0 Å². The molecule has 0 atom stereocenters. The van der Waals surface area contributed by atoms with Crippen molar-refractivity contribution in [2.24, 2.45) is 0 Å². The van der Waals surface area contributed by atoms with Gasteiger partial charge < -0.3 is 9.47 Å². The molecule has 0 aliphatic carbocycles. The lowest BCUT2D eigenvalue weighted by atomic mass is 10.4. The van der Waals surface area contributed by atoms with Crippen LogP contribution in [0, 0.1) is 6.92 Å². The third-order valence-electron chi connectivity index (χ3n) is 1.54. The molecule has 1 aromatic heterocycles. The van der Waals surface area contributed by atoms with E-state index in [4.69, 9.17) is 33.3 Å². The number of ether oxygens (including phenoxy) is 2. The molecule has 0 saturated carbocycles. The maximum Gasteiger partial charge on any atom is 0.205 e. The first kappa shape index (κ1) is 10.8.